The molecule has 0 aliphatic carbocycles. The lowest BCUT2D eigenvalue weighted by atomic mass is 9.94. The molecule has 198 valence electrons. The zero-order valence-corrected chi connectivity index (χ0v) is 21.5. The van der Waals surface area contributed by atoms with Crippen LogP contribution < -0.4 is 15.8 Å². The number of hydrogen-bond acceptors (Lipinski definition) is 5. The molecule has 1 aliphatic rings. The summed E-state index contributed by atoms with van der Waals surface area (Å²) in [4.78, 5) is 27.0. The number of piperidine rings is 1. The molecule has 0 aromatic heterocycles. The predicted octanol–water partition coefficient (Wildman–Crippen LogP) is 3.90. The highest BCUT2D eigenvalue weighted by molar-refractivity contribution is 7.89. The number of nitrogens with one attached hydrogen (secondary N) is 2. The van der Waals surface area contributed by atoms with Gasteiger partial charge in [-0.25, -0.2) is 13.1 Å². The fourth-order valence-electron chi connectivity index (χ4n) is 4.71. The van der Waals surface area contributed by atoms with Gasteiger partial charge in [0.25, 0.3) is 5.91 Å². The maximum absolute atomic E-state index is 13.5. The Labute approximate surface area is 219 Å². The number of likely N-dealkylation sites (tertiary alicyclic amines) is 1. The van der Waals surface area contributed by atoms with Crippen LogP contribution in [0.3, 0.4) is 0 Å². The monoisotopic (exact) mass is 524 g/mol. The third kappa shape index (κ3) is 6.01. The van der Waals surface area contributed by atoms with Crippen LogP contribution in [0.15, 0.2) is 65.6 Å². The van der Waals surface area contributed by atoms with Gasteiger partial charge in [0.15, 0.2) is 0 Å². The minimum absolute atomic E-state index is 0. The van der Waals surface area contributed by atoms with Gasteiger partial charge in [0, 0.05) is 41.2 Å². The zero-order valence-electron chi connectivity index (χ0n) is 20.7. The van der Waals surface area contributed by atoms with Crippen molar-refractivity contribution in [2.24, 2.45) is 11.7 Å². The molecule has 2 amide bonds. The van der Waals surface area contributed by atoms with Gasteiger partial charge in [0.1, 0.15) is 0 Å². The number of amides is 2. The second-order valence-corrected chi connectivity index (χ2v) is 11.2. The number of aryl methyl sites for hydroxylation is 1. The number of rotatable bonds is 6. The largest absolute Gasteiger partial charge is 0.341 e. The first-order valence-corrected chi connectivity index (χ1v) is 13.5. The standard InChI is InChI=1S/C27H32N4O4S.CH4/c1-17-8-4-5-9-20(17)26(32)29-24-12-6-11-22-21(24)10-7-13-25(22)36(34,35)30-23-14-15-31(16-18(23)2)27(33)19(3)28;/h4-13,18-19,23,30H,14-16,28H2,1-3H3,(H,29,32);1H4/t18-,19-,23+;/m0./s1. The molecule has 1 saturated heterocycles. The van der Waals surface area contributed by atoms with Crippen LogP contribution in [0.25, 0.3) is 10.8 Å². The lowest BCUT2D eigenvalue weighted by molar-refractivity contribution is -0.134. The Morgan fingerprint density at radius 1 is 1.03 bits per heavy atom. The first-order chi connectivity index (χ1) is 17.1. The van der Waals surface area contributed by atoms with Crippen molar-refractivity contribution in [1.82, 2.24) is 9.62 Å². The number of carbonyl (C=O) groups excluding carboxylic acids is 2. The minimum atomic E-state index is -3.87. The number of nitrogens with two attached hydrogens (primary N) is 1. The number of benzene rings is 3. The summed E-state index contributed by atoms with van der Waals surface area (Å²) in [5.74, 6) is -0.457. The van der Waals surface area contributed by atoms with Crippen LogP contribution in [-0.4, -0.2) is 50.3 Å². The van der Waals surface area contributed by atoms with Gasteiger partial charge in [0.05, 0.1) is 10.9 Å². The van der Waals surface area contributed by atoms with Crippen LogP contribution in [0.1, 0.15) is 43.6 Å². The fraction of sp³-hybridized carbons (Fsp3) is 0.357. The molecule has 8 nitrogen and oxygen atoms in total. The molecule has 37 heavy (non-hydrogen) atoms. The minimum Gasteiger partial charge on any atom is -0.341 e. The van der Waals surface area contributed by atoms with E-state index in [9.17, 15) is 18.0 Å². The molecular weight excluding hydrogens is 488 g/mol. The lowest BCUT2D eigenvalue weighted by Gasteiger charge is -2.37. The molecule has 4 N–H and O–H groups in total. The Balaban J connectivity index is 0.00000380. The van der Waals surface area contributed by atoms with Gasteiger partial charge in [-0.05, 0) is 49.9 Å². The van der Waals surface area contributed by atoms with E-state index in [1.54, 1.807) is 60.4 Å². The molecule has 1 aliphatic heterocycles. The van der Waals surface area contributed by atoms with Crippen molar-refractivity contribution in [1.29, 1.82) is 0 Å². The average Bonchev–Trinajstić information content (AvgIpc) is 2.84. The molecule has 4 rings (SSSR count). The number of sulfonamides is 1. The third-order valence-electron chi connectivity index (χ3n) is 6.72. The average molecular weight is 525 g/mol. The Hall–Kier alpha value is -3.27. The van der Waals surface area contributed by atoms with Crippen molar-refractivity contribution in [3.8, 4) is 0 Å². The lowest BCUT2D eigenvalue weighted by Crippen LogP contribution is -2.54. The van der Waals surface area contributed by atoms with Gasteiger partial charge in [-0.2, -0.15) is 0 Å². The van der Waals surface area contributed by atoms with Gasteiger partial charge in [-0.15, -0.1) is 0 Å². The first kappa shape index (κ1) is 28.3. The highest BCUT2D eigenvalue weighted by Crippen LogP contribution is 2.30. The van der Waals surface area contributed by atoms with Gasteiger partial charge in [0.2, 0.25) is 15.9 Å². The molecule has 3 aromatic rings. The van der Waals surface area contributed by atoms with Gasteiger partial charge in [-0.3, -0.25) is 9.59 Å². The third-order valence-corrected chi connectivity index (χ3v) is 8.27. The van der Waals surface area contributed by atoms with E-state index < -0.39 is 16.1 Å². The molecule has 0 unspecified atom stereocenters. The van der Waals surface area contributed by atoms with Crippen LogP contribution >= 0.6 is 0 Å². The number of fused-ring (bicyclic) bond motifs is 1. The molecule has 1 heterocycles. The second-order valence-electron chi connectivity index (χ2n) is 9.49. The number of hydrogen-bond donors (Lipinski definition) is 3. The van der Waals surface area contributed by atoms with Crippen molar-refractivity contribution in [3.63, 3.8) is 0 Å². The zero-order chi connectivity index (χ0) is 26.0. The van der Waals surface area contributed by atoms with Crippen LogP contribution in [0, 0.1) is 12.8 Å². The quantitative estimate of drug-likeness (QED) is 0.452. The first-order valence-electron chi connectivity index (χ1n) is 12.0. The van der Waals surface area contributed by atoms with E-state index in [1.807, 2.05) is 26.0 Å². The molecule has 0 spiro atoms. The van der Waals surface area contributed by atoms with Crippen molar-refractivity contribution >= 4 is 38.3 Å². The summed E-state index contributed by atoms with van der Waals surface area (Å²) in [7, 11) is -3.87. The van der Waals surface area contributed by atoms with Crippen molar-refractivity contribution in [3.05, 3.63) is 71.8 Å². The van der Waals surface area contributed by atoms with E-state index in [4.69, 9.17) is 5.73 Å². The maximum atomic E-state index is 13.5. The van der Waals surface area contributed by atoms with E-state index in [1.165, 1.54) is 0 Å². The molecule has 0 bridgehead atoms. The van der Waals surface area contributed by atoms with Crippen molar-refractivity contribution < 1.29 is 18.0 Å². The normalized spacial score (nSPS) is 18.6. The summed E-state index contributed by atoms with van der Waals surface area (Å²) in [6, 6.07) is 16.7. The molecule has 0 saturated carbocycles. The number of nitrogens with zero attached hydrogens (tertiary/aromatic N) is 1. The molecule has 9 heteroatoms. The number of carbonyl (C=O) groups is 2. The Bertz CT molecular complexity index is 1400. The summed E-state index contributed by atoms with van der Waals surface area (Å²) in [5.41, 5.74) is 7.68. The topological polar surface area (TPSA) is 122 Å². The Kier molecular flexibility index (Phi) is 8.73. The van der Waals surface area contributed by atoms with Crippen LogP contribution in [0.4, 0.5) is 5.69 Å². The van der Waals surface area contributed by atoms with Gasteiger partial charge >= 0.3 is 0 Å². The van der Waals surface area contributed by atoms with Crippen molar-refractivity contribution in [2.75, 3.05) is 18.4 Å². The van der Waals surface area contributed by atoms with Crippen LogP contribution in [0.2, 0.25) is 0 Å². The molecule has 1 fully saturated rings. The smallest absolute Gasteiger partial charge is 0.255 e. The van der Waals surface area contributed by atoms with Gasteiger partial charge in [-0.1, -0.05) is 56.8 Å². The molecular formula is C28H36N4O4S. The second kappa shape index (κ2) is 11.4. The molecule has 3 aromatic carbocycles. The summed E-state index contributed by atoms with van der Waals surface area (Å²) in [5, 5.41) is 4.08. The SMILES string of the molecule is C.Cc1ccccc1C(=O)Nc1cccc2c(S(=O)(=O)N[C@@H]3CCN(C(=O)[C@H](C)N)C[C@@H]3C)cccc12. The maximum Gasteiger partial charge on any atom is 0.255 e. The van der Waals surface area contributed by atoms with E-state index in [0.717, 1.165) is 5.56 Å². The van der Waals surface area contributed by atoms with E-state index in [-0.39, 0.29) is 36.1 Å². The van der Waals surface area contributed by atoms with E-state index in [0.29, 0.717) is 41.5 Å². The van der Waals surface area contributed by atoms with Crippen LogP contribution in [0.5, 0.6) is 0 Å². The summed E-state index contributed by atoms with van der Waals surface area (Å²) in [6.07, 6.45) is 0.501. The summed E-state index contributed by atoms with van der Waals surface area (Å²) >= 11 is 0. The van der Waals surface area contributed by atoms with E-state index >= 15 is 0 Å². The van der Waals surface area contributed by atoms with Gasteiger partial charge < -0.3 is 16.0 Å². The fourth-order valence-corrected chi connectivity index (χ4v) is 6.31. The number of anilines is 1. The van der Waals surface area contributed by atoms with E-state index in [2.05, 4.69) is 10.0 Å². The predicted molar refractivity (Wildman–Crippen MR) is 148 cm³/mol. The van der Waals surface area contributed by atoms with Crippen molar-refractivity contribution in [2.45, 2.75) is 51.6 Å². The molecule has 0 radical (unpaired) electrons. The Morgan fingerprint density at radius 3 is 2.38 bits per heavy atom. The molecule has 3 atom stereocenters. The Morgan fingerprint density at radius 2 is 1.70 bits per heavy atom. The van der Waals surface area contributed by atoms with Crippen LogP contribution in [-0.2, 0) is 14.8 Å². The summed E-state index contributed by atoms with van der Waals surface area (Å²) < 4.78 is 29.8. The highest BCUT2D eigenvalue weighted by atomic mass is 32.2. The summed E-state index contributed by atoms with van der Waals surface area (Å²) in [6.45, 7) is 6.34. The highest BCUT2D eigenvalue weighted by Gasteiger charge is 2.33.